The second-order valence-corrected chi connectivity index (χ2v) is 2.89. The molecular weight excluding hydrogens is 196 g/mol. The van der Waals surface area contributed by atoms with Crippen LogP contribution in [0.5, 0.6) is 0 Å². The van der Waals surface area contributed by atoms with E-state index in [2.05, 4.69) is 16.1 Å². The van der Waals surface area contributed by atoms with E-state index < -0.39 is 0 Å². The molecule has 1 aliphatic rings. The normalized spacial score (nSPS) is 13.1. The van der Waals surface area contributed by atoms with Gasteiger partial charge in [-0.1, -0.05) is 12.7 Å². The van der Waals surface area contributed by atoms with Crippen molar-refractivity contribution < 1.29 is 19.1 Å². The molecule has 0 aliphatic heterocycles. The van der Waals surface area contributed by atoms with Gasteiger partial charge in [-0.3, -0.25) is 4.79 Å². The average Bonchev–Trinajstić information content (AvgIpc) is 2.70. The van der Waals surface area contributed by atoms with Crippen LogP contribution in [0.15, 0.2) is 24.5 Å². The second-order valence-electron chi connectivity index (χ2n) is 2.89. The maximum atomic E-state index is 10.7. The van der Waals surface area contributed by atoms with Gasteiger partial charge in [0.05, 0.1) is 13.4 Å². The van der Waals surface area contributed by atoms with Crippen LogP contribution in [0.2, 0.25) is 0 Å². The molecule has 4 heteroatoms. The van der Waals surface area contributed by atoms with Crippen LogP contribution in [0.1, 0.15) is 26.2 Å². The summed E-state index contributed by atoms with van der Waals surface area (Å²) < 4.78 is 8.69. The summed E-state index contributed by atoms with van der Waals surface area (Å²) in [6.07, 6.45) is 6.08. The minimum atomic E-state index is -0.329. The van der Waals surface area contributed by atoms with Crippen molar-refractivity contribution in [1.82, 2.24) is 0 Å². The Kier molecular flexibility index (Phi) is 6.97. The molecule has 4 nitrogen and oxygen atoms in total. The topological polar surface area (TPSA) is 52.6 Å². The van der Waals surface area contributed by atoms with E-state index in [9.17, 15) is 9.59 Å². The van der Waals surface area contributed by atoms with Gasteiger partial charge in [0.2, 0.25) is 0 Å². The molecule has 0 fully saturated rings. The lowest BCUT2D eigenvalue weighted by molar-refractivity contribution is -0.136. The highest BCUT2D eigenvalue weighted by Gasteiger charge is 2.12. The number of carbonyl (C=O) groups excluding carboxylic acids is 2. The SMILES string of the molecule is C=COC(C)=O.COC(=O)C1=CCCC1. The van der Waals surface area contributed by atoms with Gasteiger partial charge in [-0.2, -0.15) is 0 Å². The first-order valence-corrected chi connectivity index (χ1v) is 4.67. The summed E-state index contributed by atoms with van der Waals surface area (Å²) in [5, 5.41) is 0. The molecule has 1 aliphatic carbocycles. The van der Waals surface area contributed by atoms with Crippen LogP contribution in [0, 0.1) is 0 Å². The summed E-state index contributed by atoms with van der Waals surface area (Å²) >= 11 is 0. The Hall–Kier alpha value is -1.58. The number of carbonyl (C=O) groups is 2. The van der Waals surface area contributed by atoms with Crippen LogP contribution < -0.4 is 0 Å². The number of rotatable bonds is 2. The third-order valence-electron chi connectivity index (χ3n) is 1.74. The minimum absolute atomic E-state index is 0.160. The molecule has 0 bridgehead atoms. The molecule has 0 unspecified atom stereocenters. The van der Waals surface area contributed by atoms with Gasteiger partial charge in [0.25, 0.3) is 0 Å². The first kappa shape index (κ1) is 13.4. The Bertz CT molecular complexity index is 266. The van der Waals surface area contributed by atoms with Gasteiger partial charge in [-0.15, -0.1) is 0 Å². The molecule has 0 aromatic carbocycles. The number of hydrogen-bond acceptors (Lipinski definition) is 4. The molecule has 84 valence electrons. The van der Waals surface area contributed by atoms with E-state index in [1.807, 2.05) is 6.08 Å². The molecule has 0 spiro atoms. The van der Waals surface area contributed by atoms with Crippen molar-refractivity contribution in [3.63, 3.8) is 0 Å². The molecule has 0 saturated heterocycles. The van der Waals surface area contributed by atoms with Crippen molar-refractivity contribution in [1.29, 1.82) is 0 Å². The maximum absolute atomic E-state index is 10.7. The van der Waals surface area contributed by atoms with Crippen molar-refractivity contribution in [2.75, 3.05) is 7.11 Å². The summed E-state index contributed by atoms with van der Waals surface area (Å²) in [4.78, 5) is 20.5. The van der Waals surface area contributed by atoms with Gasteiger partial charge in [0.1, 0.15) is 0 Å². The fraction of sp³-hybridized carbons (Fsp3) is 0.455. The van der Waals surface area contributed by atoms with Crippen LogP contribution in [0.4, 0.5) is 0 Å². The highest BCUT2D eigenvalue weighted by molar-refractivity contribution is 5.88. The molecule has 1 rings (SSSR count). The summed E-state index contributed by atoms with van der Waals surface area (Å²) in [5.41, 5.74) is 0.845. The third-order valence-corrected chi connectivity index (χ3v) is 1.74. The lowest BCUT2D eigenvalue weighted by Crippen LogP contribution is -2.01. The Labute approximate surface area is 89.6 Å². The average molecular weight is 212 g/mol. The Morgan fingerprint density at radius 3 is 2.47 bits per heavy atom. The molecule has 0 amide bonds. The van der Waals surface area contributed by atoms with E-state index in [-0.39, 0.29) is 11.9 Å². The number of allylic oxidation sites excluding steroid dienone is 1. The largest absolute Gasteiger partial charge is 0.466 e. The fourth-order valence-corrected chi connectivity index (χ4v) is 1.10. The summed E-state index contributed by atoms with van der Waals surface area (Å²) in [7, 11) is 1.42. The summed E-state index contributed by atoms with van der Waals surface area (Å²) in [6.45, 7) is 4.48. The predicted molar refractivity (Wildman–Crippen MR) is 55.9 cm³/mol. The van der Waals surface area contributed by atoms with Crippen LogP contribution in [-0.2, 0) is 19.1 Å². The van der Waals surface area contributed by atoms with Crippen molar-refractivity contribution in [2.24, 2.45) is 0 Å². The van der Waals surface area contributed by atoms with E-state index in [4.69, 9.17) is 0 Å². The zero-order valence-corrected chi connectivity index (χ0v) is 9.12. The number of methoxy groups -OCH3 is 1. The van der Waals surface area contributed by atoms with Gasteiger partial charge in [-0.25, -0.2) is 4.79 Å². The van der Waals surface area contributed by atoms with Gasteiger partial charge < -0.3 is 9.47 Å². The zero-order chi connectivity index (χ0) is 11.7. The first-order valence-electron chi connectivity index (χ1n) is 4.67. The Morgan fingerprint density at radius 2 is 2.20 bits per heavy atom. The van der Waals surface area contributed by atoms with E-state index in [0.29, 0.717) is 0 Å². The lowest BCUT2D eigenvalue weighted by atomic mass is 10.2. The monoisotopic (exact) mass is 212 g/mol. The molecule has 0 aromatic rings. The molecule has 0 saturated carbocycles. The van der Waals surface area contributed by atoms with E-state index in [0.717, 1.165) is 31.1 Å². The third kappa shape index (κ3) is 6.49. The Morgan fingerprint density at radius 1 is 1.53 bits per heavy atom. The van der Waals surface area contributed by atoms with E-state index >= 15 is 0 Å². The van der Waals surface area contributed by atoms with Crippen LogP contribution in [0.3, 0.4) is 0 Å². The van der Waals surface area contributed by atoms with Crippen LogP contribution in [-0.4, -0.2) is 19.0 Å². The molecule has 15 heavy (non-hydrogen) atoms. The predicted octanol–water partition coefficient (Wildman–Crippen LogP) is 1.96. The van der Waals surface area contributed by atoms with Crippen molar-refractivity contribution in [3.8, 4) is 0 Å². The summed E-state index contributed by atoms with van der Waals surface area (Å²) in [6, 6.07) is 0. The van der Waals surface area contributed by atoms with E-state index in [1.54, 1.807) is 0 Å². The molecule has 0 aromatic heterocycles. The highest BCUT2D eigenvalue weighted by atomic mass is 16.5. The Balaban J connectivity index is 0.000000288. The summed E-state index contributed by atoms with van der Waals surface area (Å²) in [5.74, 6) is -0.488. The fourth-order valence-electron chi connectivity index (χ4n) is 1.10. The van der Waals surface area contributed by atoms with Crippen LogP contribution >= 0.6 is 0 Å². The minimum Gasteiger partial charge on any atom is -0.466 e. The zero-order valence-electron chi connectivity index (χ0n) is 9.12. The van der Waals surface area contributed by atoms with Crippen molar-refractivity contribution >= 4 is 11.9 Å². The number of hydrogen-bond donors (Lipinski definition) is 0. The van der Waals surface area contributed by atoms with Crippen molar-refractivity contribution in [2.45, 2.75) is 26.2 Å². The number of ether oxygens (including phenoxy) is 2. The maximum Gasteiger partial charge on any atom is 0.333 e. The smallest absolute Gasteiger partial charge is 0.333 e. The number of esters is 2. The van der Waals surface area contributed by atoms with Gasteiger partial charge in [0.15, 0.2) is 0 Å². The van der Waals surface area contributed by atoms with Crippen molar-refractivity contribution in [3.05, 3.63) is 24.5 Å². The molecule has 0 atom stereocenters. The lowest BCUT2D eigenvalue weighted by Gasteiger charge is -1.95. The molecule has 0 radical (unpaired) electrons. The van der Waals surface area contributed by atoms with E-state index in [1.165, 1.54) is 14.0 Å². The van der Waals surface area contributed by atoms with Gasteiger partial charge in [0, 0.05) is 12.5 Å². The van der Waals surface area contributed by atoms with Gasteiger partial charge in [-0.05, 0) is 19.3 Å². The second kappa shape index (κ2) is 7.79. The van der Waals surface area contributed by atoms with Gasteiger partial charge >= 0.3 is 11.9 Å². The molecule has 0 N–H and O–H groups in total. The first-order chi connectivity index (χ1) is 7.11. The standard InChI is InChI=1S/C7H10O2.C4H6O2/c1-9-7(8)6-4-2-3-5-6;1-3-6-4(2)5/h4H,2-3,5H2,1H3;3H,1H2,2H3. The highest BCUT2D eigenvalue weighted by Crippen LogP contribution is 2.17. The quantitative estimate of drug-likeness (QED) is 0.518. The van der Waals surface area contributed by atoms with Crippen LogP contribution in [0.25, 0.3) is 0 Å². The molecular formula is C11H16O4. The molecule has 0 heterocycles.